The van der Waals surface area contributed by atoms with E-state index in [2.05, 4.69) is 27.1 Å². The highest BCUT2D eigenvalue weighted by atomic mass is 16.5. The number of rotatable bonds is 6. The van der Waals surface area contributed by atoms with E-state index in [-0.39, 0.29) is 5.91 Å². The number of piperazine rings is 1. The first kappa shape index (κ1) is 15.7. The summed E-state index contributed by atoms with van der Waals surface area (Å²) in [4.78, 5) is 20.8. The first-order chi connectivity index (χ1) is 10.2. The van der Waals surface area contributed by atoms with Crippen molar-refractivity contribution in [3.05, 3.63) is 24.0 Å². The Morgan fingerprint density at radius 2 is 2.14 bits per heavy atom. The molecule has 1 amide bonds. The maximum Gasteiger partial charge on any atom is 0.269 e. The van der Waals surface area contributed by atoms with Gasteiger partial charge in [0.1, 0.15) is 5.69 Å². The lowest BCUT2D eigenvalue weighted by molar-refractivity contribution is 0.0943. The van der Waals surface area contributed by atoms with Crippen molar-refractivity contribution >= 4 is 11.6 Å². The number of carbonyl (C=O) groups is 1. The molecule has 2 rings (SSSR count). The average Bonchev–Trinajstić information content (AvgIpc) is 2.52. The molecule has 116 valence electrons. The smallest absolute Gasteiger partial charge is 0.269 e. The highest BCUT2D eigenvalue weighted by Crippen LogP contribution is 2.16. The molecule has 1 aliphatic heterocycles. The van der Waals surface area contributed by atoms with Crippen molar-refractivity contribution in [3.63, 3.8) is 0 Å². The van der Waals surface area contributed by atoms with E-state index in [0.29, 0.717) is 18.8 Å². The third-order valence-corrected chi connectivity index (χ3v) is 3.66. The number of hydrogen-bond donors (Lipinski definition) is 1. The number of ether oxygens (including phenoxy) is 1. The number of aromatic nitrogens is 1. The Morgan fingerprint density at radius 1 is 1.38 bits per heavy atom. The lowest BCUT2D eigenvalue weighted by Crippen LogP contribution is -2.44. The zero-order valence-electron chi connectivity index (χ0n) is 12.8. The number of anilines is 1. The van der Waals surface area contributed by atoms with Gasteiger partial charge < -0.3 is 19.9 Å². The molecular weight excluding hydrogens is 268 g/mol. The van der Waals surface area contributed by atoms with Gasteiger partial charge in [0.2, 0.25) is 0 Å². The summed E-state index contributed by atoms with van der Waals surface area (Å²) in [6, 6.07) is 3.84. The van der Waals surface area contributed by atoms with E-state index in [1.165, 1.54) is 0 Å². The van der Waals surface area contributed by atoms with Gasteiger partial charge in [-0.05, 0) is 25.6 Å². The van der Waals surface area contributed by atoms with Crippen molar-refractivity contribution in [2.75, 3.05) is 58.4 Å². The number of likely N-dealkylation sites (N-methyl/N-ethyl adjacent to an activating group) is 1. The summed E-state index contributed by atoms with van der Waals surface area (Å²) in [5, 5.41) is 2.86. The third-order valence-electron chi connectivity index (χ3n) is 3.66. The summed E-state index contributed by atoms with van der Waals surface area (Å²) in [6.45, 7) is 5.30. The van der Waals surface area contributed by atoms with Gasteiger partial charge in [-0.25, -0.2) is 0 Å². The molecule has 0 radical (unpaired) electrons. The van der Waals surface area contributed by atoms with Crippen molar-refractivity contribution in [3.8, 4) is 0 Å². The number of amides is 1. The molecule has 1 aromatic rings. The molecular formula is C15H24N4O2. The van der Waals surface area contributed by atoms with Crippen molar-refractivity contribution in [1.29, 1.82) is 0 Å². The van der Waals surface area contributed by atoms with Crippen LogP contribution in [0.25, 0.3) is 0 Å². The Labute approximate surface area is 126 Å². The number of nitrogens with one attached hydrogen (secondary N) is 1. The second kappa shape index (κ2) is 7.95. The number of nitrogens with zero attached hydrogens (tertiary/aromatic N) is 3. The predicted molar refractivity (Wildman–Crippen MR) is 82.8 cm³/mol. The second-order valence-electron chi connectivity index (χ2n) is 5.29. The molecule has 0 aliphatic carbocycles. The molecule has 21 heavy (non-hydrogen) atoms. The molecule has 0 unspecified atom stereocenters. The molecule has 6 nitrogen and oxygen atoms in total. The standard InChI is InChI=1S/C15H24N4O2/c1-18-7-9-19(10-8-18)13-4-6-16-14(12-13)15(20)17-5-3-11-21-2/h4,6,12H,3,5,7-11H2,1-2H3,(H,17,20). The van der Waals surface area contributed by atoms with Gasteiger partial charge in [0.15, 0.2) is 0 Å². The molecule has 6 heteroatoms. The summed E-state index contributed by atoms with van der Waals surface area (Å²) < 4.78 is 4.96. The zero-order chi connectivity index (χ0) is 15.1. The lowest BCUT2D eigenvalue weighted by atomic mass is 10.2. The molecule has 0 bridgehead atoms. The van der Waals surface area contributed by atoms with Crippen LogP contribution in [0.5, 0.6) is 0 Å². The minimum atomic E-state index is -0.123. The quantitative estimate of drug-likeness (QED) is 0.778. The van der Waals surface area contributed by atoms with Crippen LogP contribution in [-0.4, -0.2) is 69.3 Å². The first-order valence-corrected chi connectivity index (χ1v) is 7.37. The van der Waals surface area contributed by atoms with Gasteiger partial charge in [0.25, 0.3) is 5.91 Å². The van der Waals surface area contributed by atoms with Gasteiger partial charge in [-0.3, -0.25) is 9.78 Å². The first-order valence-electron chi connectivity index (χ1n) is 7.37. The maximum atomic E-state index is 12.1. The highest BCUT2D eigenvalue weighted by molar-refractivity contribution is 5.93. The monoisotopic (exact) mass is 292 g/mol. The molecule has 0 spiro atoms. The fourth-order valence-electron chi connectivity index (χ4n) is 2.31. The van der Waals surface area contributed by atoms with E-state index in [0.717, 1.165) is 38.3 Å². The van der Waals surface area contributed by atoms with Crippen LogP contribution in [0, 0.1) is 0 Å². The van der Waals surface area contributed by atoms with Crippen molar-refractivity contribution < 1.29 is 9.53 Å². The number of pyridine rings is 1. The molecule has 1 aliphatic rings. The Kier molecular flexibility index (Phi) is 5.95. The Balaban J connectivity index is 1.92. The zero-order valence-corrected chi connectivity index (χ0v) is 12.8. The molecule has 0 atom stereocenters. The fourth-order valence-corrected chi connectivity index (χ4v) is 2.31. The van der Waals surface area contributed by atoms with Gasteiger partial charge >= 0.3 is 0 Å². The molecule has 1 saturated heterocycles. The van der Waals surface area contributed by atoms with E-state index < -0.39 is 0 Å². The summed E-state index contributed by atoms with van der Waals surface area (Å²) in [6.07, 6.45) is 2.51. The van der Waals surface area contributed by atoms with E-state index >= 15 is 0 Å². The maximum absolute atomic E-state index is 12.1. The number of carbonyl (C=O) groups excluding carboxylic acids is 1. The molecule has 1 aromatic heterocycles. The summed E-state index contributed by atoms with van der Waals surface area (Å²) in [7, 11) is 3.78. The van der Waals surface area contributed by atoms with Gasteiger partial charge in [0.05, 0.1) is 0 Å². The van der Waals surface area contributed by atoms with Crippen molar-refractivity contribution in [1.82, 2.24) is 15.2 Å². The van der Waals surface area contributed by atoms with E-state index in [4.69, 9.17) is 4.74 Å². The summed E-state index contributed by atoms with van der Waals surface area (Å²) in [5.41, 5.74) is 1.55. The van der Waals surface area contributed by atoms with Crippen LogP contribution in [0.1, 0.15) is 16.9 Å². The molecule has 1 fully saturated rings. The number of hydrogen-bond acceptors (Lipinski definition) is 5. The molecule has 2 heterocycles. The van der Waals surface area contributed by atoms with Crippen LogP contribution in [0.15, 0.2) is 18.3 Å². The van der Waals surface area contributed by atoms with E-state index in [9.17, 15) is 4.79 Å². The average molecular weight is 292 g/mol. The van der Waals surface area contributed by atoms with Gasteiger partial charge in [-0.2, -0.15) is 0 Å². The van der Waals surface area contributed by atoms with Crippen molar-refractivity contribution in [2.45, 2.75) is 6.42 Å². The Morgan fingerprint density at radius 3 is 2.86 bits per heavy atom. The van der Waals surface area contributed by atoms with Crippen LogP contribution in [0.4, 0.5) is 5.69 Å². The predicted octanol–water partition coefficient (Wildman–Crippen LogP) is 0.600. The molecule has 1 N–H and O–H groups in total. The lowest BCUT2D eigenvalue weighted by Gasteiger charge is -2.34. The summed E-state index contributed by atoms with van der Waals surface area (Å²) >= 11 is 0. The summed E-state index contributed by atoms with van der Waals surface area (Å²) in [5.74, 6) is -0.123. The van der Waals surface area contributed by atoms with Gasteiger partial charge in [0, 0.05) is 58.3 Å². The Hall–Kier alpha value is -1.66. The van der Waals surface area contributed by atoms with Crippen LogP contribution in [-0.2, 0) is 4.74 Å². The highest BCUT2D eigenvalue weighted by Gasteiger charge is 2.16. The van der Waals surface area contributed by atoms with Crippen LogP contribution in [0.3, 0.4) is 0 Å². The normalized spacial score (nSPS) is 16.0. The fraction of sp³-hybridized carbons (Fsp3) is 0.600. The van der Waals surface area contributed by atoms with Crippen molar-refractivity contribution in [2.24, 2.45) is 0 Å². The molecule has 0 saturated carbocycles. The van der Waals surface area contributed by atoms with Gasteiger partial charge in [-0.1, -0.05) is 0 Å². The second-order valence-corrected chi connectivity index (χ2v) is 5.29. The molecule has 0 aromatic carbocycles. The van der Waals surface area contributed by atoms with Gasteiger partial charge in [-0.15, -0.1) is 0 Å². The number of methoxy groups -OCH3 is 1. The largest absolute Gasteiger partial charge is 0.385 e. The Bertz CT molecular complexity index is 459. The van der Waals surface area contributed by atoms with Crippen LogP contribution in [0.2, 0.25) is 0 Å². The minimum absolute atomic E-state index is 0.123. The van der Waals surface area contributed by atoms with Crippen LogP contribution < -0.4 is 10.2 Å². The topological polar surface area (TPSA) is 57.7 Å². The third kappa shape index (κ3) is 4.68. The van der Waals surface area contributed by atoms with E-state index in [1.54, 1.807) is 13.3 Å². The van der Waals surface area contributed by atoms with E-state index in [1.807, 2.05) is 12.1 Å². The SMILES string of the molecule is COCCCNC(=O)c1cc(N2CCN(C)CC2)ccn1. The van der Waals surface area contributed by atoms with Crippen LogP contribution >= 0.6 is 0 Å². The minimum Gasteiger partial charge on any atom is -0.385 e.